The SMILES string of the molecule is CC(N)C(c1ccc(Cl)s1)N1CCCC2C(=O)NCC21. The standard InChI is InChI=1S/C14H20ClN3OS/c1-8(16)13(11-4-5-12(15)20-11)18-6-2-3-9-10(18)7-17-14(9)19/h4-5,8-10,13H,2-3,6-7,16H2,1H3,(H,17,19). The van der Waals surface area contributed by atoms with E-state index in [4.69, 9.17) is 17.3 Å². The van der Waals surface area contributed by atoms with E-state index in [9.17, 15) is 4.79 Å². The second-order valence-electron chi connectivity index (χ2n) is 5.74. The molecule has 0 radical (unpaired) electrons. The summed E-state index contributed by atoms with van der Waals surface area (Å²) in [5.74, 6) is 0.327. The molecule has 2 saturated heterocycles. The van der Waals surface area contributed by atoms with Crippen LogP contribution < -0.4 is 11.1 Å². The fourth-order valence-electron chi connectivity index (χ4n) is 3.54. The molecule has 20 heavy (non-hydrogen) atoms. The molecule has 0 bridgehead atoms. The van der Waals surface area contributed by atoms with Crippen molar-refractivity contribution in [2.24, 2.45) is 11.7 Å². The monoisotopic (exact) mass is 313 g/mol. The number of fused-ring (bicyclic) bond motifs is 1. The third-order valence-electron chi connectivity index (χ3n) is 4.38. The van der Waals surface area contributed by atoms with Gasteiger partial charge in [-0.2, -0.15) is 0 Å². The molecule has 4 nitrogen and oxygen atoms in total. The highest BCUT2D eigenvalue weighted by Gasteiger charge is 2.44. The summed E-state index contributed by atoms with van der Waals surface area (Å²) in [5.41, 5.74) is 6.24. The van der Waals surface area contributed by atoms with Gasteiger partial charge in [0.2, 0.25) is 5.91 Å². The first-order valence-electron chi connectivity index (χ1n) is 7.12. The molecule has 4 unspecified atom stereocenters. The zero-order chi connectivity index (χ0) is 14.3. The Bertz CT molecular complexity index is 504. The van der Waals surface area contributed by atoms with Crippen molar-refractivity contribution < 1.29 is 4.79 Å². The maximum atomic E-state index is 11.9. The van der Waals surface area contributed by atoms with Gasteiger partial charge in [-0.1, -0.05) is 11.6 Å². The Balaban J connectivity index is 1.89. The molecular weight excluding hydrogens is 294 g/mol. The molecule has 2 aliphatic heterocycles. The fourth-order valence-corrected chi connectivity index (χ4v) is 4.84. The summed E-state index contributed by atoms with van der Waals surface area (Å²) in [5, 5.41) is 3.00. The smallest absolute Gasteiger partial charge is 0.224 e. The first-order chi connectivity index (χ1) is 9.58. The van der Waals surface area contributed by atoms with E-state index in [0.29, 0.717) is 0 Å². The third-order valence-corrected chi connectivity index (χ3v) is 5.69. The van der Waals surface area contributed by atoms with Gasteiger partial charge in [0.15, 0.2) is 0 Å². The van der Waals surface area contributed by atoms with E-state index >= 15 is 0 Å². The van der Waals surface area contributed by atoms with Gasteiger partial charge in [-0.25, -0.2) is 0 Å². The number of rotatable bonds is 3. The van der Waals surface area contributed by atoms with Crippen LogP contribution in [0.2, 0.25) is 4.34 Å². The average Bonchev–Trinajstić information content (AvgIpc) is 2.98. The predicted octanol–water partition coefficient (Wildman–Crippen LogP) is 2.00. The maximum absolute atomic E-state index is 11.9. The molecule has 3 heterocycles. The molecule has 6 heteroatoms. The summed E-state index contributed by atoms with van der Waals surface area (Å²) in [7, 11) is 0. The zero-order valence-corrected chi connectivity index (χ0v) is 13.1. The van der Waals surface area contributed by atoms with Crippen molar-refractivity contribution in [3.8, 4) is 0 Å². The van der Waals surface area contributed by atoms with E-state index in [-0.39, 0.29) is 30.0 Å². The van der Waals surface area contributed by atoms with Gasteiger partial charge in [0.05, 0.1) is 16.3 Å². The Labute approximate surface area is 128 Å². The van der Waals surface area contributed by atoms with E-state index in [2.05, 4.69) is 16.3 Å². The van der Waals surface area contributed by atoms with Crippen LogP contribution in [0.1, 0.15) is 30.7 Å². The minimum Gasteiger partial charge on any atom is -0.354 e. The fraction of sp³-hybridized carbons (Fsp3) is 0.643. The molecule has 3 N–H and O–H groups in total. The van der Waals surface area contributed by atoms with E-state index in [1.54, 1.807) is 11.3 Å². The molecule has 0 spiro atoms. The van der Waals surface area contributed by atoms with Gasteiger partial charge in [0, 0.05) is 23.5 Å². The molecule has 2 fully saturated rings. The van der Waals surface area contributed by atoms with Crippen LogP contribution in [0.25, 0.3) is 0 Å². The van der Waals surface area contributed by atoms with Crippen LogP contribution in [-0.4, -0.2) is 36.0 Å². The molecule has 1 aromatic heterocycles. The van der Waals surface area contributed by atoms with Gasteiger partial charge in [-0.3, -0.25) is 9.69 Å². The van der Waals surface area contributed by atoms with Gasteiger partial charge < -0.3 is 11.1 Å². The minimum absolute atomic E-state index is 0.0131. The van der Waals surface area contributed by atoms with Crippen LogP contribution in [0.3, 0.4) is 0 Å². The molecule has 4 atom stereocenters. The van der Waals surface area contributed by atoms with Crippen LogP contribution >= 0.6 is 22.9 Å². The Morgan fingerprint density at radius 3 is 3.00 bits per heavy atom. The van der Waals surface area contributed by atoms with Gasteiger partial charge in [0.25, 0.3) is 0 Å². The number of thiophene rings is 1. The van der Waals surface area contributed by atoms with Crippen molar-refractivity contribution in [1.29, 1.82) is 0 Å². The van der Waals surface area contributed by atoms with E-state index in [0.717, 1.165) is 30.3 Å². The quantitative estimate of drug-likeness (QED) is 0.897. The number of nitrogens with two attached hydrogens (primary N) is 1. The lowest BCUT2D eigenvalue weighted by atomic mass is 9.89. The third kappa shape index (κ3) is 2.48. The number of hydrogen-bond donors (Lipinski definition) is 2. The van der Waals surface area contributed by atoms with Gasteiger partial charge in [0.1, 0.15) is 0 Å². The summed E-state index contributed by atoms with van der Waals surface area (Å²) in [6.45, 7) is 3.77. The molecule has 2 aliphatic rings. The average molecular weight is 314 g/mol. The summed E-state index contributed by atoms with van der Waals surface area (Å²) in [6.07, 6.45) is 2.04. The number of nitrogens with zero attached hydrogens (tertiary/aromatic N) is 1. The lowest BCUT2D eigenvalue weighted by molar-refractivity contribution is -0.124. The Kier molecular flexibility index (Phi) is 4.04. The topological polar surface area (TPSA) is 58.4 Å². The number of carbonyl (C=O) groups is 1. The lowest BCUT2D eigenvalue weighted by Crippen LogP contribution is -2.51. The summed E-state index contributed by atoms with van der Waals surface area (Å²) >= 11 is 7.67. The van der Waals surface area contributed by atoms with Crippen LogP contribution in [0.15, 0.2) is 12.1 Å². The van der Waals surface area contributed by atoms with Gasteiger partial charge in [-0.15, -0.1) is 11.3 Å². The number of hydrogen-bond acceptors (Lipinski definition) is 4. The van der Waals surface area contributed by atoms with E-state index in [1.165, 1.54) is 4.88 Å². The Morgan fingerprint density at radius 1 is 1.55 bits per heavy atom. The van der Waals surface area contributed by atoms with Gasteiger partial charge >= 0.3 is 0 Å². The second kappa shape index (κ2) is 5.64. The number of amides is 1. The Morgan fingerprint density at radius 2 is 2.35 bits per heavy atom. The molecule has 1 amide bonds. The number of halogens is 1. The Hall–Kier alpha value is -0.620. The van der Waals surface area contributed by atoms with E-state index < -0.39 is 0 Å². The van der Waals surface area contributed by atoms with Crippen molar-refractivity contribution >= 4 is 28.8 Å². The highest BCUT2D eigenvalue weighted by molar-refractivity contribution is 7.16. The molecular formula is C14H20ClN3OS. The van der Waals surface area contributed by atoms with Gasteiger partial charge in [-0.05, 0) is 38.4 Å². The first-order valence-corrected chi connectivity index (χ1v) is 8.31. The summed E-state index contributed by atoms with van der Waals surface area (Å²) < 4.78 is 0.792. The van der Waals surface area contributed by atoms with Crippen LogP contribution in [0.4, 0.5) is 0 Å². The lowest BCUT2D eigenvalue weighted by Gasteiger charge is -2.42. The van der Waals surface area contributed by atoms with Crippen molar-refractivity contribution in [3.63, 3.8) is 0 Å². The van der Waals surface area contributed by atoms with Crippen molar-refractivity contribution in [3.05, 3.63) is 21.3 Å². The molecule has 0 saturated carbocycles. The molecule has 110 valence electrons. The summed E-state index contributed by atoms with van der Waals surface area (Å²) in [4.78, 5) is 15.5. The van der Waals surface area contributed by atoms with Crippen LogP contribution in [-0.2, 0) is 4.79 Å². The summed E-state index contributed by atoms with van der Waals surface area (Å²) in [6, 6.07) is 4.42. The first kappa shape index (κ1) is 14.3. The number of nitrogens with one attached hydrogen (secondary N) is 1. The minimum atomic E-state index is 0.0131. The zero-order valence-electron chi connectivity index (χ0n) is 11.5. The predicted molar refractivity (Wildman–Crippen MR) is 81.9 cm³/mol. The maximum Gasteiger partial charge on any atom is 0.224 e. The second-order valence-corrected chi connectivity index (χ2v) is 7.49. The molecule has 1 aromatic rings. The number of carbonyl (C=O) groups excluding carboxylic acids is 1. The van der Waals surface area contributed by atoms with Crippen molar-refractivity contribution in [1.82, 2.24) is 10.2 Å². The highest BCUT2D eigenvalue weighted by atomic mass is 35.5. The van der Waals surface area contributed by atoms with Crippen LogP contribution in [0.5, 0.6) is 0 Å². The highest BCUT2D eigenvalue weighted by Crippen LogP contribution is 2.38. The number of likely N-dealkylation sites (tertiary alicyclic amines) is 1. The number of piperidine rings is 1. The molecule has 0 aromatic carbocycles. The largest absolute Gasteiger partial charge is 0.354 e. The normalized spacial score (nSPS) is 29.9. The van der Waals surface area contributed by atoms with Crippen molar-refractivity contribution in [2.45, 2.75) is 37.9 Å². The molecule has 0 aliphatic carbocycles. The van der Waals surface area contributed by atoms with Crippen molar-refractivity contribution in [2.75, 3.05) is 13.1 Å². The molecule has 3 rings (SSSR count). The van der Waals surface area contributed by atoms with Crippen LogP contribution in [0, 0.1) is 5.92 Å². The van der Waals surface area contributed by atoms with E-state index in [1.807, 2.05) is 13.0 Å².